The number of amides is 1. The van der Waals surface area contributed by atoms with Crippen LogP contribution in [0.1, 0.15) is 35.6 Å². The third-order valence-electron chi connectivity index (χ3n) is 5.64. The van der Waals surface area contributed by atoms with Gasteiger partial charge in [-0.05, 0) is 36.6 Å². The van der Waals surface area contributed by atoms with Gasteiger partial charge in [-0.1, -0.05) is 42.5 Å². The fraction of sp³-hybridized carbons (Fsp3) is 0.333. The molecule has 0 unspecified atom stereocenters. The second-order valence-corrected chi connectivity index (χ2v) is 7.90. The first kappa shape index (κ1) is 21.5. The van der Waals surface area contributed by atoms with E-state index in [2.05, 4.69) is 45.1 Å². The third kappa shape index (κ3) is 5.32. The minimum Gasteiger partial charge on any atom is -0.352 e. The second kappa shape index (κ2) is 10.1. The van der Waals surface area contributed by atoms with Crippen LogP contribution in [0.4, 0.5) is 5.69 Å². The summed E-state index contributed by atoms with van der Waals surface area (Å²) >= 11 is 0. The summed E-state index contributed by atoms with van der Waals surface area (Å²) in [5, 5.41) is 15.1. The molecule has 1 fully saturated rings. The zero-order chi connectivity index (χ0) is 22.3. The maximum atomic E-state index is 12.0. The first-order valence-electron chi connectivity index (χ1n) is 10.9. The lowest BCUT2D eigenvalue weighted by Gasteiger charge is -2.16. The van der Waals surface area contributed by atoms with Crippen molar-refractivity contribution in [3.05, 3.63) is 77.4 Å². The van der Waals surface area contributed by atoms with E-state index in [-0.39, 0.29) is 5.91 Å². The fourth-order valence-electron chi connectivity index (χ4n) is 3.60. The zero-order valence-electron chi connectivity index (χ0n) is 18.6. The molecule has 1 amide bonds. The number of anilines is 1. The van der Waals surface area contributed by atoms with Crippen molar-refractivity contribution in [2.24, 2.45) is 12.0 Å². The van der Waals surface area contributed by atoms with Gasteiger partial charge in [-0.3, -0.25) is 4.79 Å². The van der Waals surface area contributed by atoms with Gasteiger partial charge in [0.2, 0.25) is 5.91 Å². The minimum absolute atomic E-state index is 0.203. The topological polar surface area (TPSA) is 87.4 Å². The van der Waals surface area contributed by atoms with Crippen LogP contribution in [-0.4, -0.2) is 33.2 Å². The lowest BCUT2D eigenvalue weighted by molar-refractivity contribution is -0.117. The number of guanidine groups is 1. The number of hydrogen-bond donors (Lipinski definition) is 2. The van der Waals surface area contributed by atoms with Crippen LogP contribution in [0.3, 0.4) is 0 Å². The molecule has 3 aromatic rings. The highest BCUT2D eigenvalue weighted by molar-refractivity contribution is 5.95. The SMILES string of the molecule is Cc1nnc(CNC(=NCc2ccccc2)NCc2ccc(N3CCCC3=O)cc2)n1C. The fourth-order valence-corrected chi connectivity index (χ4v) is 3.60. The summed E-state index contributed by atoms with van der Waals surface area (Å²) in [4.78, 5) is 18.5. The molecule has 8 nitrogen and oxygen atoms in total. The number of benzene rings is 2. The van der Waals surface area contributed by atoms with E-state index in [0.717, 1.165) is 41.4 Å². The number of aromatic nitrogens is 3. The minimum atomic E-state index is 0.203. The van der Waals surface area contributed by atoms with E-state index >= 15 is 0 Å². The van der Waals surface area contributed by atoms with Gasteiger partial charge in [0.05, 0.1) is 13.1 Å². The van der Waals surface area contributed by atoms with E-state index in [9.17, 15) is 4.79 Å². The first-order valence-corrected chi connectivity index (χ1v) is 10.9. The highest BCUT2D eigenvalue weighted by atomic mass is 16.2. The van der Waals surface area contributed by atoms with Crippen molar-refractivity contribution in [1.29, 1.82) is 0 Å². The summed E-state index contributed by atoms with van der Waals surface area (Å²) in [6.45, 7) is 4.45. The van der Waals surface area contributed by atoms with E-state index in [1.54, 1.807) is 0 Å². The van der Waals surface area contributed by atoms with Crippen molar-refractivity contribution in [1.82, 2.24) is 25.4 Å². The molecule has 0 atom stereocenters. The lowest BCUT2D eigenvalue weighted by atomic mass is 10.2. The van der Waals surface area contributed by atoms with E-state index in [4.69, 9.17) is 4.99 Å². The Morgan fingerprint density at radius 3 is 2.41 bits per heavy atom. The van der Waals surface area contributed by atoms with Crippen molar-refractivity contribution < 1.29 is 4.79 Å². The van der Waals surface area contributed by atoms with Crippen molar-refractivity contribution >= 4 is 17.6 Å². The Labute approximate surface area is 188 Å². The van der Waals surface area contributed by atoms with Gasteiger partial charge in [-0.15, -0.1) is 10.2 Å². The molecule has 166 valence electrons. The Hall–Kier alpha value is -3.68. The second-order valence-electron chi connectivity index (χ2n) is 7.90. The van der Waals surface area contributed by atoms with Crippen LogP contribution < -0.4 is 15.5 Å². The van der Waals surface area contributed by atoms with Gasteiger partial charge in [-0.2, -0.15) is 0 Å². The number of nitrogens with zero attached hydrogens (tertiary/aromatic N) is 5. The average molecular weight is 432 g/mol. The van der Waals surface area contributed by atoms with Crippen LogP contribution in [0.5, 0.6) is 0 Å². The Kier molecular flexibility index (Phi) is 6.79. The van der Waals surface area contributed by atoms with Gasteiger partial charge in [0.1, 0.15) is 5.82 Å². The van der Waals surface area contributed by atoms with Crippen LogP contribution in [-0.2, 0) is 31.5 Å². The zero-order valence-corrected chi connectivity index (χ0v) is 18.6. The first-order chi connectivity index (χ1) is 15.6. The molecular formula is C24H29N7O. The Morgan fingerprint density at radius 2 is 1.75 bits per heavy atom. The molecule has 1 aromatic heterocycles. The lowest BCUT2D eigenvalue weighted by Crippen LogP contribution is -2.37. The largest absolute Gasteiger partial charge is 0.352 e. The highest BCUT2D eigenvalue weighted by Crippen LogP contribution is 2.21. The molecular weight excluding hydrogens is 402 g/mol. The number of nitrogens with one attached hydrogen (secondary N) is 2. The number of carbonyl (C=O) groups is 1. The number of rotatable bonds is 7. The molecule has 2 heterocycles. The monoisotopic (exact) mass is 431 g/mol. The molecule has 2 N–H and O–H groups in total. The third-order valence-corrected chi connectivity index (χ3v) is 5.64. The summed E-state index contributed by atoms with van der Waals surface area (Å²) in [6, 6.07) is 18.3. The molecule has 0 radical (unpaired) electrons. The summed E-state index contributed by atoms with van der Waals surface area (Å²) in [5.41, 5.74) is 3.22. The maximum Gasteiger partial charge on any atom is 0.227 e. The molecule has 0 saturated carbocycles. The van der Waals surface area contributed by atoms with Crippen molar-refractivity contribution in [2.45, 2.75) is 39.4 Å². The van der Waals surface area contributed by atoms with E-state index in [0.29, 0.717) is 32.0 Å². The summed E-state index contributed by atoms with van der Waals surface area (Å²) in [6.07, 6.45) is 1.57. The Balaban J connectivity index is 1.41. The number of aliphatic imine (C=N–C) groups is 1. The molecule has 2 aromatic carbocycles. The number of aryl methyl sites for hydroxylation is 1. The molecule has 8 heteroatoms. The van der Waals surface area contributed by atoms with Gasteiger partial charge in [-0.25, -0.2) is 4.99 Å². The Bertz CT molecular complexity index is 1070. The smallest absolute Gasteiger partial charge is 0.227 e. The molecule has 4 rings (SSSR count). The van der Waals surface area contributed by atoms with E-state index < -0.39 is 0 Å². The molecule has 1 saturated heterocycles. The van der Waals surface area contributed by atoms with Gasteiger partial charge < -0.3 is 20.1 Å². The maximum absolute atomic E-state index is 12.0. The van der Waals surface area contributed by atoms with Gasteiger partial charge in [0, 0.05) is 32.2 Å². The molecule has 1 aliphatic rings. The predicted octanol–water partition coefficient (Wildman–Crippen LogP) is 2.69. The summed E-state index contributed by atoms with van der Waals surface area (Å²) in [5.74, 6) is 2.62. The van der Waals surface area contributed by atoms with Gasteiger partial charge in [0.15, 0.2) is 11.8 Å². The quantitative estimate of drug-likeness (QED) is 0.444. The molecule has 32 heavy (non-hydrogen) atoms. The van der Waals surface area contributed by atoms with Crippen LogP contribution in [0.2, 0.25) is 0 Å². The normalized spacial score (nSPS) is 14.1. The standard InChI is InChI=1S/C24H29N7O/c1-18-28-29-22(30(18)2)17-27-24(25-15-19-7-4-3-5-8-19)26-16-20-10-12-21(13-11-20)31-14-6-9-23(31)32/h3-5,7-8,10-13H,6,9,14-17H2,1-2H3,(H2,25,26,27). The number of hydrogen-bond acceptors (Lipinski definition) is 4. The highest BCUT2D eigenvalue weighted by Gasteiger charge is 2.21. The van der Waals surface area contributed by atoms with Gasteiger partial charge >= 0.3 is 0 Å². The van der Waals surface area contributed by atoms with Gasteiger partial charge in [0.25, 0.3) is 0 Å². The van der Waals surface area contributed by atoms with Crippen molar-refractivity contribution in [3.63, 3.8) is 0 Å². The van der Waals surface area contributed by atoms with Crippen LogP contribution >= 0.6 is 0 Å². The number of carbonyl (C=O) groups excluding carboxylic acids is 1. The van der Waals surface area contributed by atoms with Crippen LogP contribution in [0, 0.1) is 6.92 Å². The molecule has 0 aliphatic carbocycles. The molecule has 1 aliphatic heterocycles. The van der Waals surface area contributed by atoms with E-state index in [1.807, 2.05) is 53.8 Å². The predicted molar refractivity (Wildman–Crippen MR) is 125 cm³/mol. The van der Waals surface area contributed by atoms with E-state index in [1.165, 1.54) is 0 Å². The van der Waals surface area contributed by atoms with Crippen LogP contribution in [0.15, 0.2) is 59.6 Å². The van der Waals surface area contributed by atoms with Crippen LogP contribution in [0.25, 0.3) is 0 Å². The molecule has 0 bridgehead atoms. The summed E-state index contributed by atoms with van der Waals surface area (Å²) in [7, 11) is 1.95. The summed E-state index contributed by atoms with van der Waals surface area (Å²) < 4.78 is 1.96. The Morgan fingerprint density at radius 1 is 1.00 bits per heavy atom. The molecule has 0 spiro atoms. The van der Waals surface area contributed by atoms with Crippen molar-refractivity contribution in [2.75, 3.05) is 11.4 Å². The van der Waals surface area contributed by atoms with Crippen molar-refractivity contribution in [3.8, 4) is 0 Å². The average Bonchev–Trinajstić information content (AvgIpc) is 3.39.